The van der Waals surface area contributed by atoms with Gasteiger partial charge in [-0.3, -0.25) is 4.90 Å². The zero-order chi connectivity index (χ0) is 13.0. The van der Waals surface area contributed by atoms with Crippen molar-refractivity contribution in [1.82, 2.24) is 10.2 Å². The molecule has 0 radical (unpaired) electrons. The molecule has 1 N–H and O–H groups in total. The Kier molecular flexibility index (Phi) is 4.41. The van der Waals surface area contributed by atoms with Crippen LogP contribution < -0.4 is 5.32 Å². The van der Waals surface area contributed by atoms with Gasteiger partial charge in [0.25, 0.3) is 0 Å². The van der Waals surface area contributed by atoms with Crippen LogP contribution in [0.15, 0.2) is 30.3 Å². The molecule has 100 valence electrons. The normalized spacial score (nSPS) is 29.4. The molecule has 1 aromatic rings. The average Bonchev–Trinajstić information content (AvgIpc) is 2.41. The van der Waals surface area contributed by atoms with Crippen LogP contribution in [-0.2, 0) is 5.54 Å². The molecule has 18 heavy (non-hydrogen) atoms. The quantitative estimate of drug-likeness (QED) is 0.878. The van der Waals surface area contributed by atoms with Gasteiger partial charge in [-0.25, -0.2) is 0 Å². The van der Waals surface area contributed by atoms with Crippen molar-refractivity contribution in [2.75, 3.05) is 19.6 Å². The molecule has 0 bridgehead atoms. The van der Waals surface area contributed by atoms with E-state index in [1.54, 1.807) is 0 Å². The summed E-state index contributed by atoms with van der Waals surface area (Å²) in [6.45, 7) is 10.3. The number of rotatable bonds is 4. The highest BCUT2D eigenvalue weighted by Gasteiger charge is 2.35. The molecule has 2 nitrogen and oxygen atoms in total. The highest BCUT2D eigenvalue weighted by molar-refractivity contribution is 5.25. The Morgan fingerprint density at radius 3 is 2.61 bits per heavy atom. The molecule has 2 unspecified atom stereocenters. The first-order valence-corrected chi connectivity index (χ1v) is 7.24. The van der Waals surface area contributed by atoms with Gasteiger partial charge in [-0.1, -0.05) is 44.2 Å². The Morgan fingerprint density at radius 2 is 2.00 bits per heavy atom. The van der Waals surface area contributed by atoms with Gasteiger partial charge in [0.1, 0.15) is 0 Å². The van der Waals surface area contributed by atoms with Gasteiger partial charge in [0.15, 0.2) is 0 Å². The summed E-state index contributed by atoms with van der Waals surface area (Å²) >= 11 is 0. The van der Waals surface area contributed by atoms with Gasteiger partial charge in [0, 0.05) is 19.1 Å². The Hall–Kier alpha value is -0.860. The summed E-state index contributed by atoms with van der Waals surface area (Å²) in [6.07, 6.45) is 2.47. The first-order chi connectivity index (χ1) is 8.69. The monoisotopic (exact) mass is 246 g/mol. The van der Waals surface area contributed by atoms with Crippen LogP contribution in [0.25, 0.3) is 0 Å². The summed E-state index contributed by atoms with van der Waals surface area (Å²) in [5.41, 5.74) is 1.50. The maximum atomic E-state index is 3.76. The van der Waals surface area contributed by atoms with Gasteiger partial charge in [-0.15, -0.1) is 0 Å². The van der Waals surface area contributed by atoms with Crippen LogP contribution in [0.1, 0.15) is 39.2 Å². The Morgan fingerprint density at radius 1 is 1.28 bits per heavy atom. The van der Waals surface area contributed by atoms with Gasteiger partial charge in [0.2, 0.25) is 0 Å². The third kappa shape index (κ3) is 2.76. The van der Waals surface area contributed by atoms with Crippen molar-refractivity contribution in [1.29, 1.82) is 0 Å². The number of nitrogens with zero attached hydrogens (tertiary/aromatic N) is 1. The fourth-order valence-electron chi connectivity index (χ4n) is 3.01. The van der Waals surface area contributed by atoms with Crippen molar-refractivity contribution in [2.24, 2.45) is 0 Å². The van der Waals surface area contributed by atoms with E-state index in [0.29, 0.717) is 6.04 Å². The lowest BCUT2D eigenvalue weighted by molar-refractivity contribution is 0.0833. The van der Waals surface area contributed by atoms with Crippen molar-refractivity contribution in [3.8, 4) is 0 Å². The molecule has 1 aliphatic rings. The molecule has 0 spiro atoms. The summed E-state index contributed by atoms with van der Waals surface area (Å²) in [4.78, 5) is 2.66. The molecule has 0 aromatic heterocycles. The smallest absolute Gasteiger partial charge is 0.0535 e. The van der Waals surface area contributed by atoms with E-state index in [1.807, 2.05) is 0 Å². The zero-order valence-corrected chi connectivity index (χ0v) is 11.9. The second-order valence-electron chi connectivity index (χ2n) is 5.61. The fourth-order valence-corrected chi connectivity index (χ4v) is 3.01. The van der Waals surface area contributed by atoms with Gasteiger partial charge in [-0.2, -0.15) is 0 Å². The summed E-state index contributed by atoms with van der Waals surface area (Å²) in [5.74, 6) is 0. The van der Waals surface area contributed by atoms with Gasteiger partial charge < -0.3 is 5.32 Å². The minimum Gasteiger partial charge on any atom is -0.305 e. The standard InChI is InChI=1S/C16H26N2/c1-4-11-18-13-16(3,17-12-15(18)5-2)14-9-7-6-8-10-14/h6-10,15,17H,4-5,11-13H2,1-3H3. The second kappa shape index (κ2) is 5.85. The molecule has 1 fully saturated rings. The van der Waals surface area contributed by atoms with Crippen molar-refractivity contribution in [2.45, 2.75) is 45.2 Å². The maximum absolute atomic E-state index is 3.76. The lowest BCUT2D eigenvalue weighted by atomic mass is 9.87. The van der Waals surface area contributed by atoms with Crippen LogP contribution in [0.5, 0.6) is 0 Å². The van der Waals surface area contributed by atoms with Crippen molar-refractivity contribution in [3.63, 3.8) is 0 Å². The molecule has 1 aliphatic heterocycles. The average molecular weight is 246 g/mol. The van der Waals surface area contributed by atoms with Gasteiger partial charge >= 0.3 is 0 Å². The number of benzene rings is 1. The minimum absolute atomic E-state index is 0.0993. The van der Waals surface area contributed by atoms with Crippen molar-refractivity contribution < 1.29 is 0 Å². The van der Waals surface area contributed by atoms with Gasteiger partial charge in [0.05, 0.1) is 5.54 Å². The number of nitrogens with one attached hydrogen (secondary N) is 1. The summed E-state index contributed by atoms with van der Waals surface area (Å²) in [5, 5.41) is 3.76. The van der Waals surface area contributed by atoms with E-state index in [9.17, 15) is 0 Å². The topological polar surface area (TPSA) is 15.3 Å². The van der Waals surface area contributed by atoms with Gasteiger partial charge in [-0.05, 0) is 31.9 Å². The predicted molar refractivity (Wildman–Crippen MR) is 77.7 cm³/mol. The first kappa shape index (κ1) is 13.6. The summed E-state index contributed by atoms with van der Waals surface area (Å²) in [7, 11) is 0. The van der Waals surface area contributed by atoms with E-state index in [0.717, 1.165) is 13.1 Å². The molecule has 2 heteroatoms. The molecular weight excluding hydrogens is 220 g/mol. The zero-order valence-electron chi connectivity index (χ0n) is 11.9. The molecule has 0 amide bonds. The van der Waals surface area contributed by atoms with Crippen molar-refractivity contribution >= 4 is 0 Å². The number of hydrogen-bond acceptors (Lipinski definition) is 2. The molecule has 2 atom stereocenters. The molecule has 0 saturated carbocycles. The van der Waals surface area contributed by atoms with Crippen LogP contribution in [0.2, 0.25) is 0 Å². The number of piperazine rings is 1. The van der Waals surface area contributed by atoms with Crippen molar-refractivity contribution in [3.05, 3.63) is 35.9 Å². The Balaban J connectivity index is 2.16. The molecule has 0 aliphatic carbocycles. The summed E-state index contributed by atoms with van der Waals surface area (Å²) in [6, 6.07) is 11.5. The Bertz CT molecular complexity index is 363. The lowest BCUT2D eigenvalue weighted by Crippen LogP contribution is -2.61. The molecule has 1 heterocycles. The van der Waals surface area contributed by atoms with Crippen LogP contribution in [0.4, 0.5) is 0 Å². The van der Waals surface area contributed by atoms with E-state index in [-0.39, 0.29) is 5.54 Å². The van der Waals surface area contributed by atoms with E-state index in [1.165, 1.54) is 24.9 Å². The summed E-state index contributed by atoms with van der Waals surface area (Å²) < 4.78 is 0. The Labute approximate surface area is 111 Å². The van der Waals surface area contributed by atoms with Crippen LogP contribution >= 0.6 is 0 Å². The van der Waals surface area contributed by atoms with Crippen LogP contribution in [0.3, 0.4) is 0 Å². The molecular formula is C16H26N2. The minimum atomic E-state index is 0.0993. The fraction of sp³-hybridized carbons (Fsp3) is 0.625. The van der Waals surface area contributed by atoms with E-state index in [4.69, 9.17) is 0 Å². The first-order valence-electron chi connectivity index (χ1n) is 7.24. The van der Waals surface area contributed by atoms with Crippen LogP contribution in [-0.4, -0.2) is 30.6 Å². The molecule has 1 saturated heterocycles. The highest BCUT2D eigenvalue weighted by atomic mass is 15.2. The third-order valence-corrected chi connectivity index (χ3v) is 4.16. The second-order valence-corrected chi connectivity index (χ2v) is 5.61. The predicted octanol–water partition coefficient (Wildman–Crippen LogP) is 3.00. The SMILES string of the molecule is CCCN1CC(C)(c2ccccc2)NCC1CC. The third-order valence-electron chi connectivity index (χ3n) is 4.16. The van der Waals surface area contributed by atoms with Crippen LogP contribution in [0, 0.1) is 0 Å². The van der Waals surface area contributed by atoms with E-state index in [2.05, 4.69) is 61.3 Å². The molecule has 2 rings (SSSR count). The highest BCUT2D eigenvalue weighted by Crippen LogP contribution is 2.27. The largest absolute Gasteiger partial charge is 0.305 e. The van der Waals surface area contributed by atoms with E-state index < -0.39 is 0 Å². The molecule has 1 aromatic carbocycles. The lowest BCUT2D eigenvalue weighted by Gasteiger charge is -2.46. The number of hydrogen-bond donors (Lipinski definition) is 1. The van der Waals surface area contributed by atoms with E-state index >= 15 is 0 Å². The maximum Gasteiger partial charge on any atom is 0.0535 e.